The minimum absolute atomic E-state index is 0.102. The smallest absolute Gasteiger partial charge is 0.335 e. The summed E-state index contributed by atoms with van der Waals surface area (Å²) in [5, 5.41) is 9.51. The molecule has 2 fully saturated rings. The number of hydrogen-bond donors (Lipinski definition) is 1. The van der Waals surface area contributed by atoms with Gasteiger partial charge in [-0.25, -0.2) is 19.0 Å². The molecule has 2 aliphatic heterocycles. The first-order chi connectivity index (χ1) is 20.0. The van der Waals surface area contributed by atoms with Gasteiger partial charge in [-0.1, -0.05) is 30.3 Å². The fraction of sp³-hybridized carbons (Fsp3) is 0.344. The minimum atomic E-state index is -0.949. The summed E-state index contributed by atoms with van der Waals surface area (Å²) >= 11 is 0. The van der Waals surface area contributed by atoms with Crippen molar-refractivity contribution >= 4 is 22.7 Å². The fourth-order valence-corrected chi connectivity index (χ4v) is 5.69. The van der Waals surface area contributed by atoms with Crippen LogP contribution in [0.3, 0.4) is 0 Å². The molecular weight excluding hydrogens is 523 g/mol. The molecule has 0 radical (unpaired) electrons. The molecule has 1 atom stereocenters. The first-order valence-electron chi connectivity index (χ1n) is 13.9. The second kappa shape index (κ2) is 11.7. The Bertz CT molecular complexity index is 1620. The highest BCUT2D eigenvalue weighted by Crippen LogP contribution is 2.35. The lowest BCUT2D eigenvalue weighted by molar-refractivity contribution is -0.0592. The van der Waals surface area contributed by atoms with Gasteiger partial charge in [-0.15, -0.1) is 0 Å². The Labute approximate surface area is 237 Å². The number of benzene rings is 3. The quantitative estimate of drug-likeness (QED) is 0.249. The van der Waals surface area contributed by atoms with Crippen molar-refractivity contribution in [1.82, 2.24) is 14.5 Å². The van der Waals surface area contributed by atoms with Crippen LogP contribution in [0.5, 0.6) is 5.75 Å². The molecule has 41 heavy (non-hydrogen) atoms. The highest BCUT2D eigenvalue weighted by molar-refractivity contribution is 5.92. The Morgan fingerprint density at radius 3 is 2.63 bits per heavy atom. The number of aromatic nitrogens is 2. The average molecular weight is 555 g/mol. The number of carbonyl (C=O) groups is 1. The Morgan fingerprint density at radius 1 is 1.12 bits per heavy atom. The van der Waals surface area contributed by atoms with E-state index in [1.54, 1.807) is 30.3 Å². The van der Waals surface area contributed by atoms with Crippen LogP contribution < -0.4 is 4.74 Å². The Kier molecular flexibility index (Phi) is 7.68. The van der Waals surface area contributed by atoms with Crippen molar-refractivity contribution in [1.29, 1.82) is 0 Å². The lowest BCUT2D eigenvalue weighted by Crippen LogP contribution is -2.35. The van der Waals surface area contributed by atoms with Crippen molar-refractivity contribution in [2.75, 3.05) is 19.7 Å². The van der Waals surface area contributed by atoms with Crippen LogP contribution in [-0.2, 0) is 24.4 Å². The van der Waals surface area contributed by atoms with Gasteiger partial charge in [-0.2, -0.15) is 0 Å². The van der Waals surface area contributed by atoms with E-state index in [1.807, 2.05) is 18.2 Å². The molecule has 0 aliphatic carbocycles. The van der Waals surface area contributed by atoms with E-state index < -0.39 is 11.8 Å². The molecule has 210 valence electrons. The Hall–Kier alpha value is -4.26. The number of nitrogens with zero attached hydrogens (tertiary/aromatic N) is 4. The standard InChI is InChI=1S/C32H31FN4O4/c1-34-24-8-6-23(27(33)17-24)20-41-30-5-3-2-4-26(30)21-10-13-36(14-11-21)19-31-35-28-9-7-22(32(38)39)16-29(28)37(31)18-25-12-15-40-25/h2-9,16-17,21,25H,10-15,18-20H2,(H,38,39)/t25-/m0/s1. The number of aromatic carboxylic acids is 1. The second-order valence-electron chi connectivity index (χ2n) is 10.7. The molecule has 1 N–H and O–H groups in total. The van der Waals surface area contributed by atoms with Crippen LogP contribution in [0.1, 0.15) is 52.5 Å². The van der Waals surface area contributed by atoms with Gasteiger partial charge in [0.2, 0.25) is 0 Å². The number of fused-ring (bicyclic) bond motifs is 1. The van der Waals surface area contributed by atoms with E-state index in [0.717, 1.165) is 67.1 Å². The van der Waals surface area contributed by atoms with E-state index in [2.05, 4.69) is 20.4 Å². The number of carboxylic acids is 1. The Balaban J connectivity index is 1.14. The van der Waals surface area contributed by atoms with E-state index in [-0.39, 0.29) is 24.0 Å². The summed E-state index contributed by atoms with van der Waals surface area (Å²) in [6, 6.07) is 17.5. The summed E-state index contributed by atoms with van der Waals surface area (Å²) in [5.41, 5.74) is 3.70. The zero-order chi connectivity index (χ0) is 28.3. The fourth-order valence-electron chi connectivity index (χ4n) is 5.69. The van der Waals surface area contributed by atoms with Gasteiger partial charge in [0.05, 0.1) is 42.4 Å². The van der Waals surface area contributed by atoms with E-state index in [4.69, 9.17) is 21.0 Å². The van der Waals surface area contributed by atoms with Crippen molar-refractivity contribution in [3.8, 4) is 5.75 Å². The summed E-state index contributed by atoms with van der Waals surface area (Å²) in [6.07, 6.45) is 3.01. The van der Waals surface area contributed by atoms with Crippen LogP contribution >= 0.6 is 0 Å². The predicted molar refractivity (Wildman–Crippen MR) is 152 cm³/mol. The number of imidazole rings is 1. The molecule has 8 nitrogen and oxygen atoms in total. The van der Waals surface area contributed by atoms with Gasteiger partial charge in [-0.05, 0) is 74.2 Å². The maximum atomic E-state index is 14.4. The molecule has 4 aromatic rings. The Morgan fingerprint density at radius 2 is 1.93 bits per heavy atom. The van der Waals surface area contributed by atoms with Crippen LogP contribution in [0.15, 0.2) is 60.7 Å². The number of hydrogen-bond acceptors (Lipinski definition) is 5. The number of ether oxygens (including phenoxy) is 2. The van der Waals surface area contributed by atoms with Gasteiger partial charge < -0.3 is 19.1 Å². The molecule has 1 aromatic heterocycles. The predicted octanol–water partition coefficient (Wildman–Crippen LogP) is 6.17. The second-order valence-corrected chi connectivity index (χ2v) is 10.7. The number of rotatable bonds is 9. The molecule has 3 heterocycles. The first-order valence-corrected chi connectivity index (χ1v) is 13.9. The van der Waals surface area contributed by atoms with Gasteiger partial charge in [0.25, 0.3) is 0 Å². The normalized spacial score (nSPS) is 17.7. The van der Waals surface area contributed by atoms with Crippen LogP contribution in [0, 0.1) is 12.4 Å². The van der Waals surface area contributed by atoms with Crippen molar-refractivity contribution in [2.24, 2.45) is 0 Å². The molecule has 2 aliphatic rings. The first kappa shape index (κ1) is 26.9. The lowest BCUT2D eigenvalue weighted by atomic mass is 9.89. The SMILES string of the molecule is [C-]#[N+]c1ccc(COc2ccccc2C2CCN(Cc3nc4ccc(C(=O)O)cc4n3C[C@@H]3CCO3)CC2)c(F)c1. The summed E-state index contributed by atoms with van der Waals surface area (Å²) in [4.78, 5) is 22.2. The average Bonchev–Trinajstić information content (AvgIpc) is 3.30. The van der Waals surface area contributed by atoms with Gasteiger partial charge in [-0.3, -0.25) is 4.90 Å². The van der Waals surface area contributed by atoms with Gasteiger partial charge in [0.15, 0.2) is 5.69 Å². The third-order valence-corrected chi connectivity index (χ3v) is 8.11. The number of halogens is 1. The zero-order valence-corrected chi connectivity index (χ0v) is 22.6. The van der Waals surface area contributed by atoms with E-state index in [0.29, 0.717) is 24.6 Å². The largest absolute Gasteiger partial charge is 0.489 e. The molecular formula is C32H31FN4O4. The third kappa shape index (κ3) is 5.80. The molecule has 0 bridgehead atoms. The number of carboxylic acid groups (broad SMARTS) is 1. The maximum Gasteiger partial charge on any atom is 0.335 e. The van der Waals surface area contributed by atoms with Gasteiger partial charge in [0, 0.05) is 12.2 Å². The third-order valence-electron chi connectivity index (χ3n) is 8.11. The number of likely N-dealkylation sites (tertiary alicyclic amines) is 1. The van der Waals surface area contributed by atoms with Gasteiger partial charge >= 0.3 is 5.97 Å². The molecule has 9 heteroatoms. The van der Waals surface area contributed by atoms with E-state index in [1.165, 1.54) is 6.07 Å². The van der Waals surface area contributed by atoms with Crippen molar-refractivity contribution in [2.45, 2.75) is 51.0 Å². The molecule has 0 amide bonds. The van der Waals surface area contributed by atoms with Crippen molar-refractivity contribution < 1.29 is 23.8 Å². The lowest BCUT2D eigenvalue weighted by Gasteiger charge is -2.33. The van der Waals surface area contributed by atoms with Crippen molar-refractivity contribution in [3.63, 3.8) is 0 Å². The molecule has 3 aromatic carbocycles. The highest BCUT2D eigenvalue weighted by atomic mass is 19.1. The minimum Gasteiger partial charge on any atom is -0.489 e. The van der Waals surface area contributed by atoms with E-state index >= 15 is 0 Å². The molecule has 0 unspecified atom stereocenters. The molecule has 2 saturated heterocycles. The molecule has 0 spiro atoms. The van der Waals surface area contributed by atoms with Crippen molar-refractivity contribution in [3.05, 3.63) is 100 Å². The van der Waals surface area contributed by atoms with Gasteiger partial charge in [0.1, 0.15) is 24.0 Å². The highest BCUT2D eigenvalue weighted by Gasteiger charge is 2.26. The maximum absolute atomic E-state index is 14.4. The van der Waals surface area contributed by atoms with Crippen LogP contribution in [0.2, 0.25) is 0 Å². The summed E-state index contributed by atoms with van der Waals surface area (Å²) in [5.74, 6) is 0.619. The number of para-hydroxylation sites is 1. The van der Waals surface area contributed by atoms with Crippen LogP contribution in [0.4, 0.5) is 10.1 Å². The zero-order valence-electron chi connectivity index (χ0n) is 22.6. The number of piperidine rings is 1. The van der Waals surface area contributed by atoms with Crippen LogP contribution in [-0.4, -0.2) is 51.3 Å². The molecule has 6 rings (SSSR count). The monoisotopic (exact) mass is 554 g/mol. The summed E-state index contributed by atoms with van der Waals surface area (Å²) in [7, 11) is 0. The summed E-state index contributed by atoms with van der Waals surface area (Å²) in [6.45, 7) is 11.0. The molecule has 0 saturated carbocycles. The van der Waals surface area contributed by atoms with E-state index in [9.17, 15) is 14.3 Å². The van der Waals surface area contributed by atoms with Crippen LogP contribution in [0.25, 0.3) is 15.9 Å². The topological polar surface area (TPSA) is 81.2 Å². The summed E-state index contributed by atoms with van der Waals surface area (Å²) < 4.78 is 28.3.